The predicted octanol–water partition coefficient (Wildman–Crippen LogP) is 3.18. The zero-order chi connectivity index (χ0) is 16.1. The summed E-state index contributed by atoms with van der Waals surface area (Å²) in [6, 6.07) is 8.17. The van der Waals surface area contributed by atoms with Gasteiger partial charge in [0, 0.05) is 11.5 Å². The number of ketones is 1. The summed E-state index contributed by atoms with van der Waals surface area (Å²) in [4.78, 5) is 13.2. The minimum Gasteiger partial charge on any atom is -0.317 e. The summed E-state index contributed by atoms with van der Waals surface area (Å²) in [6.07, 6.45) is 5.82. The van der Waals surface area contributed by atoms with Gasteiger partial charge in [-0.15, -0.1) is 0 Å². The first-order valence-corrected chi connectivity index (χ1v) is 9.26. The average Bonchev–Trinajstić information content (AvgIpc) is 2.61. The lowest BCUT2D eigenvalue weighted by Crippen LogP contribution is -2.37. The van der Waals surface area contributed by atoms with Crippen LogP contribution in [0.5, 0.6) is 0 Å². The molecule has 2 N–H and O–H groups in total. The van der Waals surface area contributed by atoms with Crippen LogP contribution < -0.4 is 10.6 Å². The van der Waals surface area contributed by atoms with E-state index in [1.807, 2.05) is 12.1 Å². The minimum atomic E-state index is 0.210. The molecule has 1 aromatic rings. The van der Waals surface area contributed by atoms with E-state index in [4.69, 9.17) is 0 Å². The third-order valence-electron chi connectivity index (χ3n) is 5.64. The Morgan fingerprint density at radius 3 is 2.39 bits per heavy atom. The van der Waals surface area contributed by atoms with Gasteiger partial charge in [0.1, 0.15) is 0 Å². The van der Waals surface area contributed by atoms with Gasteiger partial charge >= 0.3 is 0 Å². The number of rotatable bonds is 5. The van der Waals surface area contributed by atoms with Crippen molar-refractivity contribution in [3.63, 3.8) is 0 Å². The highest BCUT2D eigenvalue weighted by Gasteiger charge is 2.32. The number of Topliss-reactive ketones (excluding diaryl/α,β-unsaturated/α-hetero) is 1. The Labute approximate surface area is 140 Å². The quantitative estimate of drug-likeness (QED) is 0.820. The van der Waals surface area contributed by atoms with Crippen molar-refractivity contribution in [2.24, 2.45) is 17.8 Å². The van der Waals surface area contributed by atoms with Crippen LogP contribution >= 0.6 is 0 Å². The van der Waals surface area contributed by atoms with Gasteiger partial charge < -0.3 is 10.6 Å². The van der Waals surface area contributed by atoms with E-state index in [1.54, 1.807) is 0 Å². The number of nitrogens with one attached hydrogen (secondary N) is 2. The molecule has 23 heavy (non-hydrogen) atoms. The largest absolute Gasteiger partial charge is 0.317 e. The molecule has 1 atom stereocenters. The fourth-order valence-electron chi connectivity index (χ4n) is 4.25. The molecule has 0 aromatic heterocycles. The van der Waals surface area contributed by atoms with Crippen LogP contribution in [0.15, 0.2) is 24.3 Å². The Morgan fingerprint density at radius 1 is 1.09 bits per heavy atom. The molecule has 2 aliphatic heterocycles. The second kappa shape index (κ2) is 8.07. The predicted molar refractivity (Wildman–Crippen MR) is 94.8 cm³/mol. The van der Waals surface area contributed by atoms with Gasteiger partial charge in [-0.2, -0.15) is 0 Å². The molecular formula is C20H30N2O. The highest BCUT2D eigenvalue weighted by atomic mass is 16.1. The lowest BCUT2D eigenvalue weighted by atomic mass is 9.74. The summed E-state index contributed by atoms with van der Waals surface area (Å²) in [6.45, 7) is 6.43. The summed E-state index contributed by atoms with van der Waals surface area (Å²) >= 11 is 0. The van der Waals surface area contributed by atoms with E-state index in [9.17, 15) is 4.79 Å². The molecule has 0 amide bonds. The molecule has 126 valence electrons. The molecule has 3 rings (SSSR count). The maximum atomic E-state index is 13.2. The summed E-state index contributed by atoms with van der Waals surface area (Å²) in [7, 11) is 0. The van der Waals surface area contributed by atoms with Gasteiger partial charge in [0.25, 0.3) is 0 Å². The molecule has 2 fully saturated rings. The first kappa shape index (κ1) is 16.7. The lowest BCUT2D eigenvalue weighted by Gasteiger charge is -2.33. The number of piperidine rings is 2. The van der Waals surface area contributed by atoms with Crippen LogP contribution in [0.4, 0.5) is 0 Å². The molecule has 0 radical (unpaired) electrons. The molecule has 2 heterocycles. The number of hydrogen-bond acceptors (Lipinski definition) is 3. The molecule has 3 nitrogen and oxygen atoms in total. The molecule has 0 aliphatic carbocycles. The van der Waals surface area contributed by atoms with E-state index < -0.39 is 0 Å². The monoisotopic (exact) mass is 314 g/mol. The smallest absolute Gasteiger partial charge is 0.166 e. The summed E-state index contributed by atoms with van der Waals surface area (Å²) in [5.74, 6) is 1.87. The van der Waals surface area contributed by atoms with Crippen molar-refractivity contribution >= 4 is 5.78 Å². The maximum absolute atomic E-state index is 13.2. The van der Waals surface area contributed by atoms with Crippen molar-refractivity contribution in [2.75, 3.05) is 26.2 Å². The van der Waals surface area contributed by atoms with E-state index in [0.717, 1.165) is 51.0 Å². The Kier molecular flexibility index (Phi) is 5.85. The van der Waals surface area contributed by atoms with Crippen LogP contribution in [0.25, 0.3) is 0 Å². The third kappa shape index (κ3) is 4.42. The van der Waals surface area contributed by atoms with E-state index >= 15 is 0 Å². The van der Waals surface area contributed by atoms with Gasteiger partial charge in [-0.1, -0.05) is 23.8 Å². The fourth-order valence-corrected chi connectivity index (χ4v) is 4.25. The second-order valence-electron chi connectivity index (χ2n) is 7.36. The van der Waals surface area contributed by atoms with Crippen molar-refractivity contribution in [1.29, 1.82) is 0 Å². The van der Waals surface area contributed by atoms with Gasteiger partial charge in [0.15, 0.2) is 5.78 Å². The number of aryl methyl sites for hydroxylation is 1. The lowest BCUT2D eigenvalue weighted by molar-refractivity contribution is 0.0806. The van der Waals surface area contributed by atoms with Crippen molar-refractivity contribution < 1.29 is 4.79 Å². The summed E-state index contributed by atoms with van der Waals surface area (Å²) in [5.41, 5.74) is 2.10. The normalized spacial score (nSPS) is 22.0. The SMILES string of the molecule is Cc1cccc(C(=O)C(CC2CCNCC2)C2CCNCC2)c1. The highest BCUT2D eigenvalue weighted by Crippen LogP contribution is 2.33. The zero-order valence-corrected chi connectivity index (χ0v) is 14.3. The Morgan fingerprint density at radius 2 is 1.74 bits per heavy atom. The van der Waals surface area contributed by atoms with E-state index in [-0.39, 0.29) is 5.92 Å². The number of carbonyl (C=O) groups excluding carboxylic acids is 1. The third-order valence-corrected chi connectivity index (χ3v) is 5.64. The Bertz CT molecular complexity index is 516. The van der Waals surface area contributed by atoms with Crippen LogP contribution in [0.2, 0.25) is 0 Å². The van der Waals surface area contributed by atoms with Crippen LogP contribution in [0.3, 0.4) is 0 Å². The van der Waals surface area contributed by atoms with Gasteiger partial charge in [-0.3, -0.25) is 4.79 Å². The summed E-state index contributed by atoms with van der Waals surface area (Å²) in [5, 5.41) is 6.88. The van der Waals surface area contributed by atoms with Crippen LogP contribution in [-0.4, -0.2) is 32.0 Å². The van der Waals surface area contributed by atoms with Gasteiger partial charge in [-0.05, 0) is 83.1 Å². The Balaban J connectivity index is 1.76. The van der Waals surface area contributed by atoms with Crippen LogP contribution in [0.1, 0.15) is 48.0 Å². The molecule has 1 unspecified atom stereocenters. The average molecular weight is 314 g/mol. The topological polar surface area (TPSA) is 41.1 Å². The molecule has 2 saturated heterocycles. The van der Waals surface area contributed by atoms with Crippen LogP contribution in [0, 0.1) is 24.7 Å². The minimum absolute atomic E-state index is 0.210. The van der Waals surface area contributed by atoms with E-state index in [2.05, 4.69) is 29.7 Å². The standard InChI is InChI=1S/C20H30N2O/c1-15-3-2-4-18(13-15)20(23)19(17-7-11-22-12-8-17)14-16-5-9-21-10-6-16/h2-4,13,16-17,19,21-22H,5-12,14H2,1H3. The number of hydrogen-bond donors (Lipinski definition) is 2. The zero-order valence-electron chi connectivity index (χ0n) is 14.3. The molecule has 2 aliphatic rings. The second-order valence-corrected chi connectivity index (χ2v) is 7.36. The van der Waals surface area contributed by atoms with Crippen molar-refractivity contribution in [3.05, 3.63) is 35.4 Å². The van der Waals surface area contributed by atoms with Gasteiger partial charge in [-0.25, -0.2) is 0 Å². The molecular weight excluding hydrogens is 284 g/mol. The van der Waals surface area contributed by atoms with Gasteiger partial charge in [0.05, 0.1) is 0 Å². The van der Waals surface area contributed by atoms with Crippen molar-refractivity contribution in [2.45, 2.75) is 39.0 Å². The molecule has 0 saturated carbocycles. The summed E-state index contributed by atoms with van der Waals surface area (Å²) < 4.78 is 0. The van der Waals surface area contributed by atoms with Crippen LogP contribution in [-0.2, 0) is 0 Å². The van der Waals surface area contributed by atoms with E-state index in [1.165, 1.54) is 18.4 Å². The first-order valence-electron chi connectivity index (χ1n) is 9.26. The highest BCUT2D eigenvalue weighted by molar-refractivity contribution is 5.98. The van der Waals surface area contributed by atoms with Gasteiger partial charge in [0.2, 0.25) is 0 Å². The number of carbonyl (C=O) groups is 1. The van der Waals surface area contributed by atoms with Crippen molar-refractivity contribution in [3.8, 4) is 0 Å². The maximum Gasteiger partial charge on any atom is 0.166 e. The molecule has 0 bridgehead atoms. The molecule has 1 aromatic carbocycles. The van der Waals surface area contributed by atoms with Crippen molar-refractivity contribution in [1.82, 2.24) is 10.6 Å². The molecule has 3 heteroatoms. The first-order chi connectivity index (χ1) is 11.2. The Hall–Kier alpha value is -1.19. The fraction of sp³-hybridized carbons (Fsp3) is 0.650. The number of benzene rings is 1. The van der Waals surface area contributed by atoms with E-state index in [0.29, 0.717) is 17.6 Å². The molecule has 0 spiro atoms.